The number of Topliss-reactive ketones (excluding diaryl/α,β-unsaturated/α-hetero) is 1. The van der Waals surface area contributed by atoms with E-state index in [9.17, 15) is 9.59 Å². The van der Waals surface area contributed by atoms with Crippen molar-refractivity contribution in [3.05, 3.63) is 17.7 Å². The van der Waals surface area contributed by atoms with Crippen LogP contribution in [0.1, 0.15) is 10.4 Å². The smallest absolute Gasteiger partial charge is 0.377 e. The molecule has 1 aromatic rings. The minimum Gasteiger partial charge on any atom is -0.493 e. The molecule has 1 aliphatic heterocycles. The molecular formula is C10H8O6. The van der Waals surface area contributed by atoms with Gasteiger partial charge in [0.1, 0.15) is 0 Å². The van der Waals surface area contributed by atoms with Gasteiger partial charge < -0.3 is 19.3 Å². The second-order valence-electron chi connectivity index (χ2n) is 3.05. The van der Waals surface area contributed by atoms with Crippen molar-refractivity contribution in [1.29, 1.82) is 0 Å². The van der Waals surface area contributed by atoms with Crippen molar-refractivity contribution in [2.45, 2.75) is 0 Å². The van der Waals surface area contributed by atoms with Crippen LogP contribution in [0.2, 0.25) is 0 Å². The Morgan fingerprint density at radius 1 is 1.38 bits per heavy atom. The fraction of sp³-hybridized carbons (Fsp3) is 0.200. The van der Waals surface area contributed by atoms with Gasteiger partial charge in [-0.25, -0.2) is 4.79 Å². The lowest BCUT2D eigenvalue weighted by atomic mass is 10.1. The molecule has 1 N–H and O–H groups in total. The fourth-order valence-corrected chi connectivity index (χ4v) is 1.38. The third kappa shape index (κ3) is 1.54. The number of benzene rings is 1. The van der Waals surface area contributed by atoms with E-state index in [0.29, 0.717) is 11.5 Å². The number of carboxylic acids is 1. The predicted molar refractivity (Wildman–Crippen MR) is 51.1 cm³/mol. The molecule has 0 saturated carbocycles. The zero-order valence-electron chi connectivity index (χ0n) is 8.35. The average Bonchev–Trinajstić information content (AvgIpc) is 2.74. The zero-order chi connectivity index (χ0) is 11.7. The Hall–Kier alpha value is -2.24. The molecule has 6 heteroatoms. The summed E-state index contributed by atoms with van der Waals surface area (Å²) >= 11 is 0. The summed E-state index contributed by atoms with van der Waals surface area (Å²) in [7, 11) is 1.40. The largest absolute Gasteiger partial charge is 0.493 e. The lowest BCUT2D eigenvalue weighted by Crippen LogP contribution is -2.12. The quantitative estimate of drug-likeness (QED) is 0.600. The van der Waals surface area contributed by atoms with E-state index in [1.807, 2.05) is 0 Å². The highest BCUT2D eigenvalue weighted by molar-refractivity contribution is 6.40. The van der Waals surface area contributed by atoms with E-state index in [4.69, 9.17) is 19.3 Å². The van der Waals surface area contributed by atoms with Crippen molar-refractivity contribution in [1.82, 2.24) is 0 Å². The number of hydrogen-bond acceptors (Lipinski definition) is 5. The summed E-state index contributed by atoms with van der Waals surface area (Å²) in [6, 6.07) is 2.63. The molecule has 0 radical (unpaired) electrons. The van der Waals surface area contributed by atoms with Crippen molar-refractivity contribution in [2.24, 2.45) is 0 Å². The molecule has 84 valence electrons. The van der Waals surface area contributed by atoms with E-state index in [2.05, 4.69) is 0 Å². The maximum Gasteiger partial charge on any atom is 0.377 e. The average molecular weight is 224 g/mol. The molecule has 6 nitrogen and oxygen atoms in total. The fourth-order valence-electron chi connectivity index (χ4n) is 1.38. The number of carboxylic acid groups (broad SMARTS) is 1. The monoisotopic (exact) mass is 224 g/mol. The number of ketones is 1. The van der Waals surface area contributed by atoms with Gasteiger partial charge in [0.25, 0.3) is 5.78 Å². The van der Waals surface area contributed by atoms with Crippen molar-refractivity contribution >= 4 is 11.8 Å². The third-order valence-corrected chi connectivity index (χ3v) is 2.11. The van der Waals surface area contributed by atoms with Crippen LogP contribution in [0.5, 0.6) is 17.2 Å². The van der Waals surface area contributed by atoms with Gasteiger partial charge >= 0.3 is 5.97 Å². The predicted octanol–water partition coefficient (Wildman–Crippen LogP) is 0.691. The Bertz CT molecular complexity index is 465. The highest BCUT2D eigenvalue weighted by Gasteiger charge is 2.24. The Morgan fingerprint density at radius 3 is 2.75 bits per heavy atom. The van der Waals surface area contributed by atoms with E-state index in [1.165, 1.54) is 19.2 Å². The van der Waals surface area contributed by atoms with E-state index in [1.54, 1.807) is 0 Å². The first kappa shape index (κ1) is 10.3. The number of fused-ring (bicyclic) bond motifs is 1. The van der Waals surface area contributed by atoms with Crippen molar-refractivity contribution in [3.63, 3.8) is 0 Å². The lowest BCUT2D eigenvalue weighted by molar-refractivity contribution is -0.131. The van der Waals surface area contributed by atoms with Crippen LogP contribution in [0, 0.1) is 0 Å². The van der Waals surface area contributed by atoms with E-state index in [-0.39, 0.29) is 18.1 Å². The van der Waals surface area contributed by atoms with Crippen molar-refractivity contribution in [2.75, 3.05) is 13.9 Å². The Balaban J connectivity index is 2.50. The molecule has 1 aromatic carbocycles. The molecule has 0 aromatic heterocycles. The normalized spacial score (nSPS) is 12.3. The summed E-state index contributed by atoms with van der Waals surface area (Å²) in [5, 5.41) is 8.59. The molecule has 1 aliphatic rings. The van der Waals surface area contributed by atoms with Crippen molar-refractivity contribution < 1.29 is 28.9 Å². The summed E-state index contributed by atoms with van der Waals surface area (Å²) in [5.41, 5.74) is -0.00593. The maximum atomic E-state index is 11.3. The van der Waals surface area contributed by atoms with E-state index in [0.717, 1.165) is 0 Å². The molecule has 0 bridgehead atoms. The highest BCUT2D eigenvalue weighted by atomic mass is 16.7. The van der Waals surface area contributed by atoms with Gasteiger partial charge in [0.2, 0.25) is 12.5 Å². The topological polar surface area (TPSA) is 82.1 Å². The number of hydrogen-bond donors (Lipinski definition) is 1. The van der Waals surface area contributed by atoms with Crippen LogP contribution in [-0.2, 0) is 4.79 Å². The highest BCUT2D eigenvalue weighted by Crippen LogP contribution is 2.41. The third-order valence-electron chi connectivity index (χ3n) is 2.11. The van der Waals surface area contributed by atoms with Crippen LogP contribution in [-0.4, -0.2) is 30.8 Å². The number of rotatable bonds is 3. The van der Waals surface area contributed by atoms with E-state index < -0.39 is 11.8 Å². The summed E-state index contributed by atoms with van der Waals surface area (Å²) in [6.07, 6.45) is 0. The second kappa shape index (κ2) is 3.73. The number of methoxy groups -OCH3 is 1. The van der Waals surface area contributed by atoms with Gasteiger partial charge in [-0.2, -0.15) is 0 Å². The van der Waals surface area contributed by atoms with E-state index >= 15 is 0 Å². The maximum absolute atomic E-state index is 11.3. The number of ether oxygens (including phenoxy) is 3. The van der Waals surface area contributed by atoms with Crippen LogP contribution in [0.3, 0.4) is 0 Å². The molecule has 1 heterocycles. The van der Waals surface area contributed by atoms with Gasteiger partial charge in [0.05, 0.1) is 7.11 Å². The standard InChI is InChI=1S/C10H8O6/c1-14-6-2-5(8(11)10(12)13)3-7-9(6)16-4-15-7/h2-3H,4H2,1H3,(H,12,13). The van der Waals surface area contributed by atoms with Crippen molar-refractivity contribution in [3.8, 4) is 17.2 Å². The minimum absolute atomic E-state index is 0.00593. The lowest BCUT2D eigenvalue weighted by Gasteiger charge is -2.05. The van der Waals surface area contributed by atoms with Gasteiger partial charge in [0.15, 0.2) is 11.5 Å². The van der Waals surface area contributed by atoms with Gasteiger partial charge in [-0.3, -0.25) is 4.79 Å². The van der Waals surface area contributed by atoms with Gasteiger partial charge in [-0.15, -0.1) is 0 Å². The summed E-state index contributed by atoms with van der Waals surface area (Å²) in [5.74, 6) is -1.58. The molecule has 0 spiro atoms. The van der Waals surface area contributed by atoms with Crippen LogP contribution >= 0.6 is 0 Å². The summed E-state index contributed by atoms with van der Waals surface area (Å²) in [6.45, 7) is 0.0242. The number of carbonyl (C=O) groups is 2. The molecule has 0 amide bonds. The first-order valence-corrected chi connectivity index (χ1v) is 4.38. The Kier molecular flexibility index (Phi) is 2.40. The molecular weight excluding hydrogens is 216 g/mol. The first-order valence-electron chi connectivity index (χ1n) is 4.38. The van der Waals surface area contributed by atoms with Crippen LogP contribution < -0.4 is 14.2 Å². The Labute approximate surface area is 90.3 Å². The van der Waals surface area contributed by atoms with Gasteiger partial charge in [-0.1, -0.05) is 0 Å². The molecule has 0 unspecified atom stereocenters. The van der Waals surface area contributed by atoms with Gasteiger partial charge in [0, 0.05) is 5.56 Å². The minimum atomic E-state index is -1.53. The molecule has 0 aliphatic carbocycles. The molecule has 2 rings (SSSR count). The van der Waals surface area contributed by atoms with Crippen LogP contribution in [0.4, 0.5) is 0 Å². The first-order chi connectivity index (χ1) is 7.63. The number of aliphatic carboxylic acids is 1. The number of carbonyl (C=O) groups excluding carboxylic acids is 1. The Morgan fingerprint density at radius 2 is 2.12 bits per heavy atom. The summed E-state index contributed by atoms with van der Waals surface area (Å²) in [4.78, 5) is 21.8. The van der Waals surface area contributed by atoms with Crippen LogP contribution in [0.15, 0.2) is 12.1 Å². The molecule has 0 atom stereocenters. The summed E-state index contributed by atoms with van der Waals surface area (Å²) < 4.78 is 15.2. The SMILES string of the molecule is COc1cc(C(=O)C(=O)O)cc2c1OCO2. The van der Waals surface area contributed by atoms with Crippen LogP contribution in [0.25, 0.3) is 0 Å². The molecule has 16 heavy (non-hydrogen) atoms. The zero-order valence-corrected chi connectivity index (χ0v) is 8.35. The molecule has 0 fully saturated rings. The molecule has 0 saturated heterocycles. The van der Waals surface area contributed by atoms with Gasteiger partial charge in [-0.05, 0) is 12.1 Å². The second-order valence-corrected chi connectivity index (χ2v) is 3.05.